The van der Waals surface area contributed by atoms with Crippen molar-refractivity contribution in [1.29, 1.82) is 0 Å². The SMILES string of the molecule is CN(Cc1ccc(Br)s1)C(=O)Cl. The number of carbonyl (C=O) groups excluding carboxylic acids is 1. The van der Waals surface area contributed by atoms with Gasteiger partial charge in [-0.25, -0.2) is 0 Å². The van der Waals surface area contributed by atoms with E-state index in [1.807, 2.05) is 12.1 Å². The average molecular weight is 269 g/mol. The van der Waals surface area contributed by atoms with Crippen LogP contribution in [0.4, 0.5) is 4.79 Å². The zero-order valence-electron chi connectivity index (χ0n) is 6.38. The monoisotopic (exact) mass is 267 g/mol. The second kappa shape index (κ2) is 4.25. The summed E-state index contributed by atoms with van der Waals surface area (Å²) in [6.45, 7) is 0.568. The minimum absolute atomic E-state index is 0.431. The Kier molecular flexibility index (Phi) is 3.55. The Hall–Kier alpha value is -0.0600. The molecule has 0 aliphatic carbocycles. The van der Waals surface area contributed by atoms with Gasteiger partial charge in [-0.05, 0) is 39.7 Å². The van der Waals surface area contributed by atoms with Crippen LogP contribution in [0.2, 0.25) is 0 Å². The molecule has 0 radical (unpaired) electrons. The van der Waals surface area contributed by atoms with E-state index in [0.29, 0.717) is 6.54 Å². The molecule has 66 valence electrons. The van der Waals surface area contributed by atoms with Crippen LogP contribution >= 0.6 is 38.9 Å². The molecule has 0 saturated carbocycles. The van der Waals surface area contributed by atoms with Gasteiger partial charge >= 0.3 is 5.37 Å². The van der Waals surface area contributed by atoms with Gasteiger partial charge in [0.1, 0.15) is 0 Å². The molecule has 0 unspecified atom stereocenters. The van der Waals surface area contributed by atoms with Crippen LogP contribution < -0.4 is 0 Å². The predicted octanol–water partition coefficient (Wildman–Crippen LogP) is 3.30. The van der Waals surface area contributed by atoms with E-state index in [2.05, 4.69) is 15.9 Å². The van der Waals surface area contributed by atoms with Gasteiger partial charge in [0.25, 0.3) is 0 Å². The van der Waals surface area contributed by atoms with Gasteiger partial charge in [-0.1, -0.05) is 0 Å². The summed E-state index contributed by atoms with van der Waals surface area (Å²) in [6.07, 6.45) is 0. The summed E-state index contributed by atoms with van der Waals surface area (Å²) in [6, 6.07) is 3.91. The van der Waals surface area contributed by atoms with Gasteiger partial charge in [0.05, 0.1) is 10.3 Å². The summed E-state index contributed by atoms with van der Waals surface area (Å²) in [5.74, 6) is 0. The smallest absolute Gasteiger partial charge is 0.316 e. The third-order valence-electron chi connectivity index (χ3n) is 1.32. The molecule has 0 saturated heterocycles. The van der Waals surface area contributed by atoms with E-state index in [4.69, 9.17) is 11.6 Å². The Labute approximate surface area is 88.3 Å². The fourth-order valence-corrected chi connectivity index (χ4v) is 2.33. The van der Waals surface area contributed by atoms with E-state index in [0.717, 1.165) is 8.66 Å². The molecule has 1 heterocycles. The van der Waals surface area contributed by atoms with Crippen LogP contribution in [0.15, 0.2) is 15.9 Å². The maximum Gasteiger partial charge on any atom is 0.316 e. The van der Waals surface area contributed by atoms with E-state index in [1.54, 1.807) is 18.4 Å². The first-order chi connectivity index (χ1) is 5.59. The first kappa shape index (κ1) is 10.0. The molecule has 0 aromatic carbocycles. The number of halogens is 2. The van der Waals surface area contributed by atoms with Crippen molar-refractivity contribution in [3.05, 3.63) is 20.8 Å². The summed E-state index contributed by atoms with van der Waals surface area (Å²) in [5.41, 5.74) is 0. The predicted molar refractivity (Wildman–Crippen MR) is 54.7 cm³/mol. The molecule has 0 fully saturated rings. The van der Waals surface area contributed by atoms with E-state index < -0.39 is 5.37 Å². The molecule has 0 bridgehead atoms. The lowest BCUT2D eigenvalue weighted by Gasteiger charge is -2.10. The third-order valence-corrected chi connectivity index (χ3v) is 3.22. The molecule has 5 heteroatoms. The molecule has 12 heavy (non-hydrogen) atoms. The molecular weight excluding hydrogens is 262 g/mol. The van der Waals surface area contributed by atoms with Crippen molar-refractivity contribution in [1.82, 2.24) is 4.90 Å². The van der Waals surface area contributed by atoms with Crippen molar-refractivity contribution >= 4 is 44.2 Å². The van der Waals surface area contributed by atoms with Crippen molar-refractivity contribution < 1.29 is 4.79 Å². The van der Waals surface area contributed by atoms with Crippen LogP contribution in [-0.4, -0.2) is 17.3 Å². The highest BCUT2D eigenvalue weighted by atomic mass is 79.9. The minimum atomic E-state index is -0.431. The largest absolute Gasteiger partial charge is 0.327 e. The molecule has 1 amide bonds. The van der Waals surface area contributed by atoms with Crippen molar-refractivity contribution in [2.24, 2.45) is 0 Å². The molecule has 1 aromatic heterocycles. The molecule has 2 nitrogen and oxygen atoms in total. The first-order valence-corrected chi connectivity index (χ1v) is 5.23. The second-order valence-corrected chi connectivity index (χ2v) is 5.19. The summed E-state index contributed by atoms with van der Waals surface area (Å²) in [4.78, 5) is 13.2. The van der Waals surface area contributed by atoms with Crippen LogP contribution in [0.5, 0.6) is 0 Å². The van der Waals surface area contributed by atoms with Crippen LogP contribution in [0, 0.1) is 0 Å². The normalized spacial score (nSPS) is 9.92. The van der Waals surface area contributed by atoms with Crippen molar-refractivity contribution in [2.75, 3.05) is 7.05 Å². The van der Waals surface area contributed by atoms with Gasteiger partial charge < -0.3 is 4.90 Å². The van der Waals surface area contributed by atoms with E-state index in [1.165, 1.54) is 4.90 Å². The number of thiophene rings is 1. The highest BCUT2D eigenvalue weighted by Crippen LogP contribution is 2.23. The first-order valence-electron chi connectivity index (χ1n) is 3.24. The fourth-order valence-electron chi connectivity index (χ4n) is 0.733. The Morgan fingerprint density at radius 3 is 2.83 bits per heavy atom. The average Bonchev–Trinajstić information content (AvgIpc) is 2.35. The number of hydrogen-bond acceptors (Lipinski definition) is 2. The van der Waals surface area contributed by atoms with Crippen LogP contribution in [0.25, 0.3) is 0 Å². The van der Waals surface area contributed by atoms with Gasteiger partial charge in [-0.15, -0.1) is 11.3 Å². The Balaban J connectivity index is 2.58. The maximum atomic E-state index is 10.6. The lowest BCUT2D eigenvalue weighted by molar-refractivity contribution is 0.231. The Bertz CT molecular complexity index is 289. The topological polar surface area (TPSA) is 20.3 Å². The summed E-state index contributed by atoms with van der Waals surface area (Å²) < 4.78 is 1.06. The molecule has 0 N–H and O–H groups in total. The molecule has 1 rings (SSSR count). The lowest BCUT2D eigenvalue weighted by atomic mass is 10.4. The number of rotatable bonds is 2. The lowest BCUT2D eigenvalue weighted by Crippen LogP contribution is -2.19. The number of hydrogen-bond donors (Lipinski definition) is 0. The van der Waals surface area contributed by atoms with Crippen molar-refractivity contribution in [3.63, 3.8) is 0 Å². The highest BCUT2D eigenvalue weighted by Gasteiger charge is 2.06. The van der Waals surface area contributed by atoms with E-state index in [9.17, 15) is 4.79 Å². The van der Waals surface area contributed by atoms with Gasteiger partial charge in [0.2, 0.25) is 0 Å². The highest BCUT2D eigenvalue weighted by molar-refractivity contribution is 9.11. The minimum Gasteiger partial charge on any atom is -0.327 e. The Morgan fingerprint density at radius 2 is 2.42 bits per heavy atom. The second-order valence-electron chi connectivity index (χ2n) is 2.31. The standard InChI is InChI=1S/C7H7BrClNOS/c1-10(7(9)11)4-5-2-3-6(8)12-5/h2-3H,4H2,1H3. The third kappa shape index (κ3) is 2.77. The zero-order chi connectivity index (χ0) is 9.14. The van der Waals surface area contributed by atoms with Gasteiger partial charge in [0, 0.05) is 11.9 Å². The van der Waals surface area contributed by atoms with Crippen LogP contribution in [-0.2, 0) is 6.54 Å². The van der Waals surface area contributed by atoms with Gasteiger partial charge in [0.15, 0.2) is 0 Å². The zero-order valence-corrected chi connectivity index (χ0v) is 9.54. The van der Waals surface area contributed by atoms with Crippen molar-refractivity contribution in [2.45, 2.75) is 6.54 Å². The molecular formula is C7H7BrClNOS. The van der Waals surface area contributed by atoms with Gasteiger partial charge in [-0.3, -0.25) is 4.79 Å². The number of amides is 1. The summed E-state index contributed by atoms with van der Waals surface area (Å²) in [5, 5.41) is -0.431. The number of nitrogens with zero attached hydrogens (tertiary/aromatic N) is 1. The fraction of sp³-hybridized carbons (Fsp3) is 0.286. The van der Waals surface area contributed by atoms with Crippen LogP contribution in [0.3, 0.4) is 0 Å². The molecule has 0 aliphatic heterocycles. The maximum absolute atomic E-state index is 10.6. The molecule has 0 spiro atoms. The van der Waals surface area contributed by atoms with E-state index in [-0.39, 0.29) is 0 Å². The molecule has 1 aromatic rings. The molecule has 0 aliphatic rings. The van der Waals surface area contributed by atoms with E-state index >= 15 is 0 Å². The summed E-state index contributed by atoms with van der Waals surface area (Å²) >= 11 is 10.2. The molecule has 0 atom stereocenters. The quantitative estimate of drug-likeness (QED) is 0.595. The van der Waals surface area contributed by atoms with Crippen LogP contribution in [0.1, 0.15) is 4.88 Å². The Morgan fingerprint density at radius 1 is 1.75 bits per heavy atom. The number of carbonyl (C=O) groups is 1. The van der Waals surface area contributed by atoms with Crippen molar-refractivity contribution in [3.8, 4) is 0 Å². The summed E-state index contributed by atoms with van der Waals surface area (Å²) in [7, 11) is 1.67. The van der Waals surface area contributed by atoms with Gasteiger partial charge in [-0.2, -0.15) is 0 Å².